The third kappa shape index (κ3) is 6.38. The summed E-state index contributed by atoms with van der Waals surface area (Å²) in [5, 5.41) is 4.40. The van der Waals surface area contributed by atoms with Crippen molar-refractivity contribution in [3.05, 3.63) is 237 Å². The van der Waals surface area contributed by atoms with Crippen LogP contribution in [0.25, 0.3) is 99.5 Å². The smallest absolute Gasteiger partial charge is 0.143 e. The molecule has 12 aromatic rings. The first-order chi connectivity index (χ1) is 31.2. The Morgan fingerprint density at radius 3 is 1.56 bits per heavy atom. The molecule has 296 valence electrons. The molecule has 0 amide bonds. The number of furan rings is 2. The number of anilines is 3. The van der Waals surface area contributed by atoms with E-state index in [9.17, 15) is 0 Å². The lowest BCUT2D eigenvalue weighted by Crippen LogP contribution is -2.11. The van der Waals surface area contributed by atoms with Crippen LogP contribution in [0.3, 0.4) is 0 Å². The highest BCUT2D eigenvalue weighted by atomic mass is 16.3. The van der Waals surface area contributed by atoms with Gasteiger partial charge in [0.1, 0.15) is 22.3 Å². The molecule has 0 saturated heterocycles. The summed E-state index contributed by atoms with van der Waals surface area (Å²) >= 11 is 0. The molecule has 0 bridgehead atoms. The molecule has 0 unspecified atom stereocenters. The van der Waals surface area contributed by atoms with Crippen molar-refractivity contribution < 1.29 is 8.83 Å². The molecule has 0 saturated carbocycles. The first-order valence-corrected chi connectivity index (χ1v) is 21.4. The summed E-state index contributed by atoms with van der Waals surface area (Å²) in [7, 11) is 0. The molecular formula is C60H39NO2. The molecule has 0 radical (unpaired) electrons. The standard InChI is InChI=1S/C60H39NO2/c1-3-16-40(17-4-1)43-32-36-49(54(38-43)48-21-8-7-20-46(48)41-18-5-2-6-19-41)50-22-9-12-27-56(50)61(45-35-37-59-55(39-45)52-24-11-13-28-57(52)62-59)44-33-30-42(31-34-44)47-25-15-26-53-51-23-10-14-29-58(51)63-60(47)53/h1-39H. The second kappa shape index (κ2) is 15.3. The monoisotopic (exact) mass is 805 g/mol. The van der Waals surface area contributed by atoms with Crippen LogP contribution in [0.1, 0.15) is 0 Å². The minimum Gasteiger partial charge on any atom is -0.456 e. The van der Waals surface area contributed by atoms with Gasteiger partial charge >= 0.3 is 0 Å². The zero-order valence-electron chi connectivity index (χ0n) is 34.3. The van der Waals surface area contributed by atoms with Crippen molar-refractivity contribution in [2.24, 2.45) is 0 Å². The predicted molar refractivity (Wildman–Crippen MR) is 263 cm³/mol. The molecule has 12 rings (SSSR count). The summed E-state index contributed by atoms with van der Waals surface area (Å²) < 4.78 is 12.8. The van der Waals surface area contributed by atoms with Crippen molar-refractivity contribution in [1.82, 2.24) is 0 Å². The fourth-order valence-corrected chi connectivity index (χ4v) is 9.34. The van der Waals surface area contributed by atoms with E-state index < -0.39 is 0 Å². The molecule has 0 aliphatic carbocycles. The van der Waals surface area contributed by atoms with E-state index in [4.69, 9.17) is 8.83 Å². The molecule has 0 fully saturated rings. The third-order valence-electron chi connectivity index (χ3n) is 12.3. The van der Waals surface area contributed by atoms with Gasteiger partial charge in [-0.2, -0.15) is 0 Å². The lowest BCUT2D eigenvalue weighted by molar-refractivity contribution is 0.669. The lowest BCUT2D eigenvalue weighted by atomic mass is 9.86. The van der Waals surface area contributed by atoms with Crippen LogP contribution in [-0.4, -0.2) is 0 Å². The van der Waals surface area contributed by atoms with E-state index in [1.807, 2.05) is 24.3 Å². The summed E-state index contributed by atoms with van der Waals surface area (Å²) in [4.78, 5) is 2.39. The first-order valence-electron chi connectivity index (χ1n) is 21.4. The number of benzene rings is 10. The average molecular weight is 806 g/mol. The zero-order chi connectivity index (χ0) is 41.7. The van der Waals surface area contributed by atoms with Crippen LogP contribution < -0.4 is 4.90 Å². The summed E-state index contributed by atoms with van der Waals surface area (Å²) in [5.74, 6) is 0. The lowest BCUT2D eigenvalue weighted by Gasteiger charge is -2.29. The molecule has 3 heteroatoms. The number of rotatable bonds is 8. The Hall–Kier alpha value is -8.40. The van der Waals surface area contributed by atoms with Gasteiger partial charge < -0.3 is 13.7 Å². The van der Waals surface area contributed by atoms with Gasteiger partial charge in [0.15, 0.2) is 0 Å². The third-order valence-corrected chi connectivity index (χ3v) is 12.3. The molecule has 0 aliphatic heterocycles. The van der Waals surface area contributed by atoms with Gasteiger partial charge in [0.2, 0.25) is 0 Å². The quantitative estimate of drug-likeness (QED) is 0.153. The largest absolute Gasteiger partial charge is 0.456 e. The van der Waals surface area contributed by atoms with Gasteiger partial charge in [0.25, 0.3) is 0 Å². The first kappa shape index (κ1) is 36.5. The molecule has 0 spiro atoms. The van der Waals surface area contributed by atoms with E-state index in [0.717, 1.165) is 88.8 Å². The number of para-hydroxylation sites is 4. The van der Waals surface area contributed by atoms with Gasteiger partial charge in [0, 0.05) is 44.0 Å². The number of hydrogen-bond donors (Lipinski definition) is 0. The van der Waals surface area contributed by atoms with E-state index in [1.54, 1.807) is 0 Å². The second-order valence-corrected chi connectivity index (χ2v) is 16.0. The highest BCUT2D eigenvalue weighted by Crippen LogP contribution is 2.47. The van der Waals surface area contributed by atoms with Gasteiger partial charge in [-0.25, -0.2) is 0 Å². The van der Waals surface area contributed by atoms with Crippen LogP contribution in [0.15, 0.2) is 245 Å². The van der Waals surface area contributed by atoms with Crippen LogP contribution in [0.5, 0.6) is 0 Å². The van der Waals surface area contributed by atoms with Crippen molar-refractivity contribution in [3.8, 4) is 55.6 Å². The molecule has 0 aliphatic rings. The highest BCUT2D eigenvalue weighted by molar-refractivity contribution is 6.10. The van der Waals surface area contributed by atoms with E-state index >= 15 is 0 Å². The average Bonchev–Trinajstić information content (AvgIpc) is 3.93. The molecular weight excluding hydrogens is 767 g/mol. The summed E-state index contributed by atoms with van der Waals surface area (Å²) in [6, 6.07) is 84.3. The van der Waals surface area contributed by atoms with Crippen LogP contribution in [0.2, 0.25) is 0 Å². The van der Waals surface area contributed by atoms with Crippen molar-refractivity contribution in [1.29, 1.82) is 0 Å². The Bertz CT molecular complexity index is 3620. The molecule has 0 atom stereocenters. The minimum absolute atomic E-state index is 0.860. The maximum absolute atomic E-state index is 6.49. The molecule has 2 aromatic heterocycles. The zero-order valence-corrected chi connectivity index (χ0v) is 34.3. The Morgan fingerprint density at radius 2 is 0.778 bits per heavy atom. The minimum atomic E-state index is 0.860. The molecule has 0 N–H and O–H groups in total. The van der Waals surface area contributed by atoms with Crippen LogP contribution in [-0.2, 0) is 0 Å². The Kier molecular flexibility index (Phi) is 8.83. The summed E-state index contributed by atoms with van der Waals surface area (Å²) in [6.07, 6.45) is 0. The van der Waals surface area contributed by atoms with Crippen molar-refractivity contribution in [3.63, 3.8) is 0 Å². The Balaban J connectivity index is 1.07. The molecule has 63 heavy (non-hydrogen) atoms. The van der Waals surface area contributed by atoms with Crippen LogP contribution in [0, 0.1) is 0 Å². The number of fused-ring (bicyclic) bond motifs is 6. The molecule has 10 aromatic carbocycles. The Labute approximate surface area is 365 Å². The Morgan fingerprint density at radius 1 is 0.254 bits per heavy atom. The van der Waals surface area contributed by atoms with Crippen molar-refractivity contribution >= 4 is 60.9 Å². The van der Waals surface area contributed by atoms with E-state index in [-0.39, 0.29) is 0 Å². The van der Waals surface area contributed by atoms with Gasteiger partial charge in [-0.05, 0) is 99.1 Å². The SMILES string of the molecule is c1ccc(-c2ccc(-c3ccccc3N(c3ccc(-c4cccc5c4oc4ccccc45)cc3)c3ccc4oc5ccccc5c4c3)c(-c3ccccc3-c3ccccc3)c2)cc1. The number of nitrogens with zero attached hydrogens (tertiary/aromatic N) is 1. The predicted octanol–water partition coefficient (Wildman–Crippen LogP) is 17.3. The number of hydrogen-bond acceptors (Lipinski definition) is 3. The fraction of sp³-hybridized carbons (Fsp3) is 0. The topological polar surface area (TPSA) is 29.5 Å². The maximum Gasteiger partial charge on any atom is 0.143 e. The molecule has 2 heterocycles. The van der Waals surface area contributed by atoms with Crippen LogP contribution in [0.4, 0.5) is 17.1 Å². The summed E-state index contributed by atoms with van der Waals surface area (Å²) in [6.45, 7) is 0. The second-order valence-electron chi connectivity index (χ2n) is 16.0. The van der Waals surface area contributed by atoms with E-state index in [1.165, 1.54) is 27.8 Å². The van der Waals surface area contributed by atoms with Crippen LogP contribution >= 0.6 is 0 Å². The van der Waals surface area contributed by atoms with Gasteiger partial charge in [0.05, 0.1) is 5.69 Å². The van der Waals surface area contributed by atoms with Crippen molar-refractivity contribution in [2.75, 3.05) is 4.90 Å². The summed E-state index contributed by atoms with van der Waals surface area (Å²) in [5.41, 5.74) is 18.1. The van der Waals surface area contributed by atoms with Gasteiger partial charge in [-0.3, -0.25) is 0 Å². The van der Waals surface area contributed by atoms with Gasteiger partial charge in [-0.15, -0.1) is 0 Å². The normalized spacial score (nSPS) is 11.5. The van der Waals surface area contributed by atoms with E-state index in [2.05, 4.69) is 217 Å². The van der Waals surface area contributed by atoms with Crippen molar-refractivity contribution in [2.45, 2.75) is 0 Å². The maximum atomic E-state index is 6.49. The van der Waals surface area contributed by atoms with E-state index in [0.29, 0.717) is 0 Å². The highest BCUT2D eigenvalue weighted by Gasteiger charge is 2.22. The fourth-order valence-electron chi connectivity index (χ4n) is 9.34. The molecule has 3 nitrogen and oxygen atoms in total. The van der Waals surface area contributed by atoms with Gasteiger partial charge in [-0.1, -0.05) is 182 Å².